The van der Waals surface area contributed by atoms with Crippen LogP contribution in [0, 0.1) is 0 Å². The van der Waals surface area contributed by atoms with Crippen LogP contribution in [0.2, 0.25) is 0 Å². The van der Waals surface area contributed by atoms with Crippen molar-refractivity contribution in [3.8, 4) is 0 Å². The van der Waals surface area contributed by atoms with E-state index >= 15 is 0 Å². The Morgan fingerprint density at radius 3 is 2.61 bits per heavy atom. The fourth-order valence-electron chi connectivity index (χ4n) is 3.53. The minimum Gasteiger partial charge on any atom is -0.389 e. The van der Waals surface area contributed by atoms with Crippen LogP contribution in [0.4, 0.5) is 0 Å². The lowest BCUT2D eigenvalue weighted by Gasteiger charge is -2.35. The van der Waals surface area contributed by atoms with Crippen molar-refractivity contribution in [2.24, 2.45) is 0 Å². The van der Waals surface area contributed by atoms with E-state index in [9.17, 15) is 5.11 Å². The van der Waals surface area contributed by atoms with Crippen LogP contribution in [-0.4, -0.2) is 47.8 Å². The second kappa shape index (κ2) is 6.36. The van der Waals surface area contributed by atoms with Gasteiger partial charge in [-0.3, -0.25) is 0 Å². The molecule has 0 radical (unpaired) electrons. The van der Waals surface area contributed by atoms with Gasteiger partial charge in [0.05, 0.1) is 5.60 Å². The van der Waals surface area contributed by atoms with Gasteiger partial charge in [-0.15, -0.1) is 0 Å². The summed E-state index contributed by atoms with van der Waals surface area (Å²) in [6.45, 7) is 4.33. The standard InChI is InChI=1S/C15H30N2O/c1-13(11-14-7-3-6-10-16-14)17(2)12-15(18)8-4-5-9-15/h13-14,16,18H,3-12H2,1-2H3. The first-order valence-corrected chi connectivity index (χ1v) is 7.75. The average molecular weight is 254 g/mol. The highest BCUT2D eigenvalue weighted by Crippen LogP contribution is 2.30. The maximum atomic E-state index is 10.5. The fraction of sp³-hybridized carbons (Fsp3) is 1.00. The van der Waals surface area contributed by atoms with Crippen molar-refractivity contribution in [3.05, 3.63) is 0 Å². The van der Waals surface area contributed by atoms with Gasteiger partial charge in [0.25, 0.3) is 0 Å². The van der Waals surface area contributed by atoms with Crippen LogP contribution >= 0.6 is 0 Å². The summed E-state index contributed by atoms with van der Waals surface area (Å²) >= 11 is 0. The Labute approximate surface area is 112 Å². The molecule has 2 aliphatic rings. The topological polar surface area (TPSA) is 35.5 Å². The number of aliphatic hydroxyl groups is 1. The van der Waals surface area contributed by atoms with E-state index in [0.29, 0.717) is 12.1 Å². The minimum atomic E-state index is -0.400. The second-order valence-corrected chi connectivity index (χ2v) is 6.58. The molecule has 0 aromatic rings. The van der Waals surface area contributed by atoms with Crippen molar-refractivity contribution < 1.29 is 5.11 Å². The van der Waals surface area contributed by atoms with Gasteiger partial charge in [-0.25, -0.2) is 0 Å². The molecular weight excluding hydrogens is 224 g/mol. The number of nitrogens with zero attached hydrogens (tertiary/aromatic N) is 1. The lowest BCUT2D eigenvalue weighted by Crippen LogP contribution is -2.46. The average Bonchev–Trinajstić information content (AvgIpc) is 2.77. The van der Waals surface area contributed by atoms with E-state index in [4.69, 9.17) is 0 Å². The van der Waals surface area contributed by atoms with E-state index in [-0.39, 0.29) is 0 Å². The molecule has 18 heavy (non-hydrogen) atoms. The summed E-state index contributed by atoms with van der Waals surface area (Å²) in [4.78, 5) is 2.36. The molecule has 0 amide bonds. The molecule has 2 fully saturated rings. The van der Waals surface area contributed by atoms with E-state index in [1.165, 1.54) is 45.1 Å². The van der Waals surface area contributed by atoms with Gasteiger partial charge in [0, 0.05) is 18.6 Å². The molecule has 2 N–H and O–H groups in total. The Morgan fingerprint density at radius 1 is 1.28 bits per heavy atom. The number of rotatable bonds is 5. The van der Waals surface area contributed by atoms with E-state index in [2.05, 4.69) is 24.2 Å². The lowest BCUT2D eigenvalue weighted by atomic mass is 9.96. The third-order valence-corrected chi connectivity index (χ3v) is 4.87. The van der Waals surface area contributed by atoms with Crippen LogP contribution in [0.25, 0.3) is 0 Å². The highest BCUT2D eigenvalue weighted by atomic mass is 16.3. The number of hydrogen-bond donors (Lipinski definition) is 2. The molecule has 2 atom stereocenters. The molecule has 3 heteroatoms. The molecule has 3 nitrogen and oxygen atoms in total. The molecule has 1 aliphatic carbocycles. The molecule has 0 bridgehead atoms. The van der Waals surface area contributed by atoms with Crippen LogP contribution in [0.5, 0.6) is 0 Å². The zero-order chi connectivity index (χ0) is 13.0. The Balaban J connectivity index is 1.75. The van der Waals surface area contributed by atoms with Gasteiger partial charge in [0.2, 0.25) is 0 Å². The first-order chi connectivity index (χ1) is 8.59. The summed E-state index contributed by atoms with van der Waals surface area (Å²) in [5, 5.41) is 14.1. The van der Waals surface area contributed by atoms with Crippen molar-refractivity contribution >= 4 is 0 Å². The highest BCUT2D eigenvalue weighted by Gasteiger charge is 2.33. The van der Waals surface area contributed by atoms with Crippen LogP contribution in [0.3, 0.4) is 0 Å². The number of hydrogen-bond acceptors (Lipinski definition) is 3. The SMILES string of the molecule is CC(CC1CCCCN1)N(C)CC1(O)CCCC1. The van der Waals surface area contributed by atoms with Gasteiger partial charge >= 0.3 is 0 Å². The third kappa shape index (κ3) is 3.94. The van der Waals surface area contributed by atoms with E-state index in [1.807, 2.05) is 0 Å². The van der Waals surface area contributed by atoms with Gasteiger partial charge in [-0.2, -0.15) is 0 Å². The third-order valence-electron chi connectivity index (χ3n) is 4.87. The van der Waals surface area contributed by atoms with Crippen molar-refractivity contribution in [3.63, 3.8) is 0 Å². The zero-order valence-corrected chi connectivity index (χ0v) is 12.1. The molecule has 0 aromatic heterocycles. The van der Waals surface area contributed by atoms with Gasteiger partial charge in [-0.05, 0) is 52.6 Å². The molecule has 1 aliphatic heterocycles. The summed E-state index contributed by atoms with van der Waals surface area (Å²) in [6, 6.07) is 1.25. The predicted octanol–water partition coefficient (Wildman–Crippen LogP) is 2.14. The first kappa shape index (κ1) is 14.3. The maximum absolute atomic E-state index is 10.5. The van der Waals surface area contributed by atoms with Gasteiger partial charge in [0.1, 0.15) is 0 Å². The molecule has 1 saturated heterocycles. The smallest absolute Gasteiger partial charge is 0.0774 e. The normalized spacial score (nSPS) is 29.7. The largest absolute Gasteiger partial charge is 0.389 e. The quantitative estimate of drug-likeness (QED) is 0.789. The summed E-state index contributed by atoms with van der Waals surface area (Å²) in [7, 11) is 2.17. The zero-order valence-electron chi connectivity index (χ0n) is 12.1. The second-order valence-electron chi connectivity index (χ2n) is 6.58. The van der Waals surface area contributed by atoms with Crippen molar-refractivity contribution in [2.75, 3.05) is 20.1 Å². The highest BCUT2D eigenvalue weighted by molar-refractivity contribution is 4.88. The Kier molecular flexibility index (Phi) is 5.05. The van der Waals surface area contributed by atoms with Crippen LogP contribution < -0.4 is 5.32 Å². The van der Waals surface area contributed by atoms with E-state index < -0.39 is 5.60 Å². The molecule has 1 heterocycles. The lowest BCUT2D eigenvalue weighted by molar-refractivity contribution is 0.00497. The minimum absolute atomic E-state index is 0.400. The van der Waals surface area contributed by atoms with Crippen molar-refractivity contribution in [1.29, 1.82) is 0 Å². The molecule has 1 saturated carbocycles. The fourth-order valence-corrected chi connectivity index (χ4v) is 3.53. The van der Waals surface area contributed by atoms with Crippen LogP contribution in [-0.2, 0) is 0 Å². The van der Waals surface area contributed by atoms with Crippen molar-refractivity contribution in [1.82, 2.24) is 10.2 Å². The summed E-state index contributed by atoms with van der Waals surface area (Å²) in [5.41, 5.74) is -0.400. The molecule has 0 spiro atoms. The predicted molar refractivity (Wildman–Crippen MR) is 75.8 cm³/mol. The number of nitrogens with one attached hydrogen (secondary N) is 1. The Bertz CT molecular complexity index is 245. The summed E-state index contributed by atoms with van der Waals surface area (Å²) in [5.74, 6) is 0. The van der Waals surface area contributed by atoms with Gasteiger partial charge < -0.3 is 15.3 Å². The Hall–Kier alpha value is -0.120. The molecule has 0 aromatic carbocycles. The molecular formula is C15H30N2O. The maximum Gasteiger partial charge on any atom is 0.0774 e. The summed E-state index contributed by atoms with van der Waals surface area (Å²) < 4.78 is 0. The van der Waals surface area contributed by atoms with E-state index in [1.54, 1.807) is 0 Å². The molecule has 2 unspecified atom stereocenters. The molecule has 2 rings (SSSR count). The van der Waals surface area contributed by atoms with Crippen LogP contribution in [0.15, 0.2) is 0 Å². The Morgan fingerprint density at radius 2 is 2.00 bits per heavy atom. The molecule has 106 valence electrons. The monoisotopic (exact) mass is 254 g/mol. The number of likely N-dealkylation sites (N-methyl/N-ethyl adjacent to an activating group) is 1. The van der Waals surface area contributed by atoms with Crippen molar-refractivity contribution in [2.45, 2.75) is 76.0 Å². The van der Waals surface area contributed by atoms with E-state index in [0.717, 1.165) is 19.4 Å². The summed E-state index contributed by atoms with van der Waals surface area (Å²) in [6.07, 6.45) is 9.62. The number of piperidine rings is 1. The van der Waals surface area contributed by atoms with Gasteiger partial charge in [0.15, 0.2) is 0 Å². The van der Waals surface area contributed by atoms with Gasteiger partial charge in [-0.1, -0.05) is 19.3 Å². The first-order valence-electron chi connectivity index (χ1n) is 7.75. The van der Waals surface area contributed by atoms with Crippen LogP contribution in [0.1, 0.15) is 58.3 Å².